The molecule has 1 heterocycles. The van der Waals surface area contributed by atoms with Gasteiger partial charge in [0.05, 0.1) is 4.90 Å². The number of sulfonamides is 1. The number of hydrogen-bond donors (Lipinski definition) is 1. The van der Waals surface area contributed by atoms with Crippen molar-refractivity contribution in [3.63, 3.8) is 0 Å². The molecule has 1 N–H and O–H groups in total. The molecule has 0 aromatic heterocycles. The van der Waals surface area contributed by atoms with Gasteiger partial charge in [-0.1, -0.05) is 18.2 Å². The van der Waals surface area contributed by atoms with Crippen molar-refractivity contribution < 1.29 is 16.2 Å². The van der Waals surface area contributed by atoms with Gasteiger partial charge in [0.1, 0.15) is 6.34 Å². The molecule has 0 unspecified atom stereocenters. The zero-order chi connectivity index (χ0) is 12.5. The van der Waals surface area contributed by atoms with Gasteiger partial charge in [-0.25, -0.2) is 0 Å². The van der Waals surface area contributed by atoms with Crippen molar-refractivity contribution in [2.75, 3.05) is 0 Å². The molecular weight excluding hydrogens is 272 g/mol. The van der Waals surface area contributed by atoms with E-state index in [0.717, 1.165) is 6.34 Å². The Labute approximate surface area is 98.4 Å². The Hall–Kier alpha value is -1.48. The fourth-order valence-corrected chi connectivity index (χ4v) is 3.10. The number of rotatable bonds is 2. The summed E-state index contributed by atoms with van der Waals surface area (Å²) in [6.45, 7) is 0. The molecule has 0 fully saturated rings. The van der Waals surface area contributed by atoms with Crippen LogP contribution in [0.2, 0.25) is 0 Å². The molecule has 1 aromatic carbocycles. The third-order valence-electron chi connectivity index (χ3n) is 1.85. The smallest absolute Gasteiger partial charge is 0.284 e. The van der Waals surface area contributed by atoms with Crippen molar-refractivity contribution in [2.45, 2.75) is 4.90 Å². The summed E-state index contributed by atoms with van der Waals surface area (Å²) in [4.78, 5) is -0.142. The second-order valence-electron chi connectivity index (χ2n) is 3.01. The maximum Gasteiger partial charge on any atom is 0.284 e. The average Bonchev–Trinajstić information content (AvgIpc) is 2.59. The molecule has 1 aliphatic rings. The summed E-state index contributed by atoms with van der Waals surface area (Å²) in [7, 11) is -8.63. The lowest BCUT2D eigenvalue weighted by molar-refractivity contribution is 0.598. The largest absolute Gasteiger partial charge is 0.320 e. The molecule has 0 radical (unpaired) electrons. The first-order chi connectivity index (χ1) is 7.92. The van der Waals surface area contributed by atoms with Crippen LogP contribution in [0, 0.1) is 0 Å². The maximum atomic E-state index is 13.1. The highest BCUT2D eigenvalue weighted by Gasteiger charge is 2.35. The van der Waals surface area contributed by atoms with Crippen LogP contribution >= 0.6 is 11.0 Å². The Morgan fingerprint density at radius 1 is 1.24 bits per heavy atom. The standard InChI is InChI=1S/C8H7F2N3O2S2/c9-16(10)8(11-6-12-16)13-17(14,15)7-4-2-1-3-5-7/h1-6H,(H,11,12,13). The van der Waals surface area contributed by atoms with Crippen LogP contribution in [0.4, 0.5) is 7.77 Å². The van der Waals surface area contributed by atoms with E-state index >= 15 is 0 Å². The van der Waals surface area contributed by atoms with Crippen molar-refractivity contribution >= 4 is 32.5 Å². The van der Waals surface area contributed by atoms with E-state index in [4.69, 9.17) is 0 Å². The predicted molar refractivity (Wildman–Crippen MR) is 62.5 cm³/mol. The minimum atomic E-state index is -4.50. The highest BCUT2D eigenvalue weighted by Crippen LogP contribution is 2.55. The van der Waals surface area contributed by atoms with Crippen LogP contribution in [0.25, 0.3) is 0 Å². The molecule has 0 atom stereocenters. The summed E-state index contributed by atoms with van der Waals surface area (Å²) in [6.07, 6.45) is 0.745. The van der Waals surface area contributed by atoms with Crippen LogP contribution in [0.3, 0.4) is 0 Å². The van der Waals surface area contributed by atoms with E-state index in [0.29, 0.717) is 0 Å². The molecule has 2 rings (SSSR count). The van der Waals surface area contributed by atoms with E-state index in [1.165, 1.54) is 24.3 Å². The Kier molecular flexibility index (Phi) is 2.87. The molecular formula is C8H7F2N3O2S2. The van der Waals surface area contributed by atoms with E-state index in [1.54, 1.807) is 6.07 Å². The van der Waals surface area contributed by atoms with Crippen LogP contribution in [0.15, 0.2) is 44.0 Å². The summed E-state index contributed by atoms with van der Waals surface area (Å²) in [6, 6.07) is 7.14. The van der Waals surface area contributed by atoms with Gasteiger partial charge in [0.15, 0.2) is 0 Å². The van der Waals surface area contributed by atoms with Crippen LogP contribution in [0.5, 0.6) is 0 Å². The molecule has 5 nitrogen and oxygen atoms in total. The number of nitrogens with one attached hydrogen (secondary N) is 1. The van der Waals surface area contributed by atoms with Crippen LogP contribution < -0.4 is 5.32 Å². The molecule has 0 amide bonds. The Balaban J connectivity index is 2.40. The van der Waals surface area contributed by atoms with Crippen LogP contribution in [0.1, 0.15) is 0 Å². The molecule has 17 heavy (non-hydrogen) atoms. The zero-order valence-corrected chi connectivity index (χ0v) is 9.88. The third kappa shape index (κ3) is 2.44. The number of amidine groups is 1. The van der Waals surface area contributed by atoms with Crippen molar-refractivity contribution in [1.29, 1.82) is 0 Å². The quantitative estimate of drug-likeness (QED) is 0.898. The molecule has 1 aliphatic heterocycles. The lowest BCUT2D eigenvalue weighted by atomic mass is 10.4. The lowest BCUT2D eigenvalue weighted by Gasteiger charge is -2.09. The highest BCUT2D eigenvalue weighted by atomic mass is 32.3. The molecule has 0 saturated heterocycles. The molecule has 92 valence electrons. The molecule has 0 saturated carbocycles. The third-order valence-corrected chi connectivity index (χ3v) is 4.30. The monoisotopic (exact) mass is 279 g/mol. The van der Waals surface area contributed by atoms with Gasteiger partial charge < -0.3 is 5.32 Å². The lowest BCUT2D eigenvalue weighted by Crippen LogP contribution is -2.18. The van der Waals surface area contributed by atoms with Gasteiger partial charge in [0, 0.05) is 0 Å². The van der Waals surface area contributed by atoms with Crippen molar-refractivity contribution in [1.82, 2.24) is 5.32 Å². The van der Waals surface area contributed by atoms with Gasteiger partial charge in [0.2, 0.25) is 16.2 Å². The Morgan fingerprint density at radius 3 is 2.41 bits per heavy atom. The van der Waals surface area contributed by atoms with Crippen molar-refractivity contribution in [3.8, 4) is 0 Å². The maximum absolute atomic E-state index is 13.1. The minimum absolute atomic E-state index is 0.142. The first-order valence-electron chi connectivity index (χ1n) is 4.35. The minimum Gasteiger partial charge on any atom is -0.320 e. The highest BCUT2D eigenvalue weighted by molar-refractivity contribution is 8.37. The van der Waals surface area contributed by atoms with Gasteiger partial charge in [-0.3, -0.25) is 0 Å². The van der Waals surface area contributed by atoms with Gasteiger partial charge in [-0.15, -0.1) is 12.2 Å². The van der Waals surface area contributed by atoms with Gasteiger partial charge in [-0.2, -0.15) is 12.8 Å². The first kappa shape index (κ1) is 12.0. The second kappa shape index (κ2) is 4.08. The van der Waals surface area contributed by atoms with Gasteiger partial charge in [-0.05, 0) is 12.1 Å². The van der Waals surface area contributed by atoms with Gasteiger partial charge >= 0.3 is 0 Å². The van der Waals surface area contributed by atoms with E-state index in [1.807, 2.05) is 5.32 Å². The van der Waals surface area contributed by atoms with Crippen LogP contribution in [-0.2, 0) is 10.0 Å². The molecule has 0 bridgehead atoms. The van der Waals surface area contributed by atoms with Crippen LogP contribution in [-0.4, -0.2) is 19.9 Å². The van der Waals surface area contributed by atoms with E-state index in [9.17, 15) is 16.2 Å². The normalized spacial score (nSPS) is 22.4. The fourth-order valence-electron chi connectivity index (χ4n) is 1.09. The molecule has 9 heteroatoms. The number of benzene rings is 1. The van der Waals surface area contributed by atoms with Crippen molar-refractivity contribution in [2.24, 2.45) is 8.80 Å². The van der Waals surface area contributed by atoms with E-state index in [-0.39, 0.29) is 4.90 Å². The predicted octanol–water partition coefficient (Wildman–Crippen LogP) is 1.85. The topological polar surface area (TPSA) is 70.9 Å². The zero-order valence-electron chi connectivity index (χ0n) is 8.25. The molecule has 0 aliphatic carbocycles. The van der Waals surface area contributed by atoms with Gasteiger partial charge in [0.25, 0.3) is 10.0 Å². The SMILES string of the molecule is O=S(=O)(/N=C1\NC=NS1(F)F)c1ccccc1. The number of hydrogen-bond acceptors (Lipinski definition) is 3. The summed E-state index contributed by atoms with van der Waals surface area (Å²) < 4.78 is 55.4. The average molecular weight is 279 g/mol. The summed E-state index contributed by atoms with van der Waals surface area (Å²) >= 11 is 0. The Morgan fingerprint density at radius 2 is 1.88 bits per heavy atom. The fraction of sp³-hybridized carbons (Fsp3) is 0. The number of nitrogens with zero attached hydrogens (tertiary/aromatic N) is 2. The number of halogens is 2. The second-order valence-corrected chi connectivity index (χ2v) is 6.09. The van der Waals surface area contributed by atoms with E-state index < -0.39 is 26.2 Å². The first-order valence-corrected chi connectivity index (χ1v) is 7.18. The molecule has 1 aromatic rings. The molecule has 0 spiro atoms. The Bertz CT molecular complexity index is 584. The van der Waals surface area contributed by atoms with E-state index in [2.05, 4.69) is 8.80 Å². The summed E-state index contributed by atoms with van der Waals surface area (Å²) in [5, 5.41) is 1.12. The van der Waals surface area contributed by atoms with Crippen molar-refractivity contribution in [3.05, 3.63) is 30.3 Å². The summed E-state index contributed by atoms with van der Waals surface area (Å²) in [5.74, 6) is 0. The summed E-state index contributed by atoms with van der Waals surface area (Å²) in [5.41, 5.74) is 0.